The summed E-state index contributed by atoms with van der Waals surface area (Å²) in [6.45, 7) is 2.80. The molecule has 0 aliphatic carbocycles. The Kier molecular flexibility index (Phi) is 5.07. The second-order valence-electron chi connectivity index (χ2n) is 5.51. The molecule has 0 spiro atoms. The lowest BCUT2D eigenvalue weighted by Gasteiger charge is -2.17. The van der Waals surface area contributed by atoms with Gasteiger partial charge in [0.15, 0.2) is 17.6 Å². The maximum atomic E-state index is 12.0. The highest BCUT2D eigenvalue weighted by Crippen LogP contribution is 2.31. The average molecular weight is 292 g/mol. The predicted molar refractivity (Wildman–Crippen MR) is 81.6 cm³/mol. The lowest BCUT2D eigenvalue weighted by Crippen LogP contribution is -2.29. The Bertz CT molecular complexity index is 504. The van der Waals surface area contributed by atoms with Crippen LogP contribution in [0, 0.1) is 0 Å². The second kappa shape index (κ2) is 6.80. The molecule has 21 heavy (non-hydrogen) atoms. The molecule has 0 bridgehead atoms. The molecule has 0 radical (unpaired) electrons. The van der Waals surface area contributed by atoms with Crippen molar-refractivity contribution in [2.45, 2.75) is 38.3 Å². The summed E-state index contributed by atoms with van der Waals surface area (Å²) in [5.74, 6) is 1.28. The van der Waals surface area contributed by atoms with Gasteiger partial charge in [0, 0.05) is 26.1 Å². The third kappa shape index (κ3) is 3.67. The van der Waals surface area contributed by atoms with E-state index < -0.39 is 6.10 Å². The molecule has 1 amide bonds. The highest BCUT2D eigenvalue weighted by atomic mass is 16.5. The molecule has 0 saturated carbocycles. The average Bonchev–Trinajstić information content (AvgIpc) is 2.79. The third-order valence-corrected chi connectivity index (χ3v) is 3.90. The molecule has 2 N–H and O–H groups in total. The summed E-state index contributed by atoms with van der Waals surface area (Å²) in [5.41, 5.74) is 7.09. The molecule has 2 rings (SSSR count). The molecule has 0 aromatic heterocycles. The van der Waals surface area contributed by atoms with Crippen LogP contribution in [-0.2, 0) is 11.2 Å². The van der Waals surface area contributed by atoms with E-state index in [0.717, 1.165) is 24.9 Å². The molecule has 2 atom stereocenters. The summed E-state index contributed by atoms with van der Waals surface area (Å²) >= 11 is 0. The molecule has 1 aromatic rings. The van der Waals surface area contributed by atoms with Crippen LogP contribution in [0.2, 0.25) is 0 Å². The van der Waals surface area contributed by atoms with Crippen molar-refractivity contribution in [3.8, 4) is 11.5 Å². The molecular weight excluding hydrogens is 268 g/mol. The zero-order chi connectivity index (χ0) is 15.4. The minimum atomic E-state index is -0.418. The number of nitrogens with two attached hydrogens (primary N) is 1. The number of carbonyl (C=O) groups excluding carboxylic acids is 1. The molecule has 5 nitrogen and oxygen atoms in total. The van der Waals surface area contributed by atoms with Crippen molar-refractivity contribution in [2.24, 2.45) is 5.73 Å². The van der Waals surface area contributed by atoms with Gasteiger partial charge in [-0.05, 0) is 30.5 Å². The van der Waals surface area contributed by atoms with Gasteiger partial charge in [-0.25, -0.2) is 0 Å². The molecule has 1 aliphatic rings. The van der Waals surface area contributed by atoms with Crippen LogP contribution in [0.1, 0.15) is 25.3 Å². The molecular formula is C16H24N2O3. The van der Waals surface area contributed by atoms with Crippen LogP contribution >= 0.6 is 0 Å². The summed E-state index contributed by atoms with van der Waals surface area (Å²) in [6, 6.07) is 5.92. The number of methoxy groups -OCH3 is 1. The summed E-state index contributed by atoms with van der Waals surface area (Å²) in [4.78, 5) is 13.6. The van der Waals surface area contributed by atoms with E-state index in [0.29, 0.717) is 17.9 Å². The van der Waals surface area contributed by atoms with E-state index in [1.54, 1.807) is 19.1 Å². The molecule has 1 aliphatic heterocycles. The maximum absolute atomic E-state index is 12.0. The monoisotopic (exact) mass is 292 g/mol. The first-order valence-electron chi connectivity index (χ1n) is 7.39. The third-order valence-electron chi connectivity index (χ3n) is 3.90. The van der Waals surface area contributed by atoms with Crippen LogP contribution in [0.25, 0.3) is 0 Å². The van der Waals surface area contributed by atoms with Crippen molar-refractivity contribution >= 4 is 5.91 Å². The zero-order valence-electron chi connectivity index (χ0n) is 13.0. The molecule has 2 unspecified atom stereocenters. The number of hydrogen-bond donors (Lipinski definition) is 1. The fourth-order valence-electron chi connectivity index (χ4n) is 2.44. The Morgan fingerprint density at radius 2 is 2.19 bits per heavy atom. The number of nitrogens with zero attached hydrogens (tertiary/aromatic N) is 1. The number of carbonyl (C=O) groups is 1. The first kappa shape index (κ1) is 15.6. The first-order valence-corrected chi connectivity index (χ1v) is 7.39. The lowest BCUT2D eigenvalue weighted by atomic mass is 10.0. The lowest BCUT2D eigenvalue weighted by molar-refractivity contribution is -0.132. The molecule has 116 valence electrons. The van der Waals surface area contributed by atoms with Gasteiger partial charge in [-0.1, -0.05) is 13.0 Å². The standard InChI is InChI=1S/C16H24N2O3/c1-4-12(17)9-11-5-6-13(20-3)15(10-11)21-14-7-8-18(2)16(14)19/h5-6,10,12,14H,4,7-9,17H2,1-3H3. The number of rotatable bonds is 6. The van der Waals surface area contributed by atoms with Gasteiger partial charge in [-0.2, -0.15) is 0 Å². The van der Waals surface area contributed by atoms with E-state index in [1.165, 1.54) is 0 Å². The molecule has 1 fully saturated rings. The van der Waals surface area contributed by atoms with Gasteiger partial charge >= 0.3 is 0 Å². The normalized spacial score (nSPS) is 19.7. The maximum Gasteiger partial charge on any atom is 0.263 e. The Hall–Kier alpha value is -1.75. The van der Waals surface area contributed by atoms with Crippen LogP contribution in [-0.4, -0.2) is 43.7 Å². The first-order chi connectivity index (χ1) is 10.0. The Balaban J connectivity index is 2.16. The smallest absolute Gasteiger partial charge is 0.263 e. The van der Waals surface area contributed by atoms with Gasteiger partial charge in [-0.3, -0.25) is 4.79 Å². The van der Waals surface area contributed by atoms with Crippen molar-refractivity contribution in [3.63, 3.8) is 0 Å². The summed E-state index contributed by atoms with van der Waals surface area (Å²) < 4.78 is 11.2. The number of likely N-dealkylation sites (tertiary alicyclic amines) is 1. The van der Waals surface area contributed by atoms with Crippen LogP contribution < -0.4 is 15.2 Å². The molecule has 5 heteroatoms. The van der Waals surface area contributed by atoms with Crippen LogP contribution in [0.5, 0.6) is 11.5 Å². The summed E-state index contributed by atoms with van der Waals surface area (Å²) in [5, 5.41) is 0. The van der Waals surface area contributed by atoms with E-state index in [9.17, 15) is 4.79 Å². The van der Waals surface area contributed by atoms with Gasteiger partial charge in [0.25, 0.3) is 5.91 Å². The number of hydrogen-bond acceptors (Lipinski definition) is 4. The van der Waals surface area contributed by atoms with Crippen molar-refractivity contribution in [1.29, 1.82) is 0 Å². The van der Waals surface area contributed by atoms with E-state index in [-0.39, 0.29) is 11.9 Å². The van der Waals surface area contributed by atoms with Crippen molar-refractivity contribution in [2.75, 3.05) is 20.7 Å². The highest BCUT2D eigenvalue weighted by Gasteiger charge is 2.31. The molecule has 1 aromatic carbocycles. The van der Waals surface area contributed by atoms with Gasteiger partial charge in [0.2, 0.25) is 0 Å². The second-order valence-corrected chi connectivity index (χ2v) is 5.51. The van der Waals surface area contributed by atoms with Gasteiger partial charge in [0.05, 0.1) is 7.11 Å². The van der Waals surface area contributed by atoms with Gasteiger partial charge in [-0.15, -0.1) is 0 Å². The van der Waals surface area contributed by atoms with Crippen LogP contribution in [0.15, 0.2) is 18.2 Å². The predicted octanol–water partition coefficient (Wildman–Crippen LogP) is 1.58. The van der Waals surface area contributed by atoms with E-state index in [4.69, 9.17) is 15.2 Å². The number of benzene rings is 1. The summed E-state index contributed by atoms with van der Waals surface area (Å²) in [7, 11) is 3.39. The van der Waals surface area contributed by atoms with Crippen molar-refractivity contribution in [3.05, 3.63) is 23.8 Å². The Morgan fingerprint density at radius 3 is 2.76 bits per heavy atom. The summed E-state index contributed by atoms with van der Waals surface area (Å²) in [6.07, 6.45) is 2.00. The Labute approximate surface area is 126 Å². The minimum Gasteiger partial charge on any atom is -0.493 e. The molecule has 1 saturated heterocycles. The number of ether oxygens (including phenoxy) is 2. The fraction of sp³-hybridized carbons (Fsp3) is 0.562. The molecule has 1 heterocycles. The van der Waals surface area contributed by atoms with Crippen LogP contribution in [0.4, 0.5) is 0 Å². The Morgan fingerprint density at radius 1 is 1.43 bits per heavy atom. The van der Waals surface area contributed by atoms with E-state index >= 15 is 0 Å². The zero-order valence-corrected chi connectivity index (χ0v) is 13.0. The van der Waals surface area contributed by atoms with E-state index in [2.05, 4.69) is 6.92 Å². The minimum absolute atomic E-state index is 0.0210. The quantitative estimate of drug-likeness (QED) is 0.864. The SMILES string of the molecule is CCC(N)Cc1ccc(OC)c(OC2CCN(C)C2=O)c1. The van der Waals surface area contributed by atoms with Crippen molar-refractivity contribution in [1.82, 2.24) is 4.90 Å². The van der Waals surface area contributed by atoms with Crippen LogP contribution in [0.3, 0.4) is 0 Å². The largest absolute Gasteiger partial charge is 0.493 e. The van der Waals surface area contributed by atoms with Gasteiger partial charge < -0.3 is 20.1 Å². The topological polar surface area (TPSA) is 64.8 Å². The van der Waals surface area contributed by atoms with Gasteiger partial charge in [0.1, 0.15) is 0 Å². The van der Waals surface area contributed by atoms with Crippen molar-refractivity contribution < 1.29 is 14.3 Å². The van der Waals surface area contributed by atoms with E-state index in [1.807, 2.05) is 18.2 Å². The highest BCUT2D eigenvalue weighted by molar-refractivity contribution is 5.83. The fourth-order valence-corrected chi connectivity index (χ4v) is 2.44. The number of likely N-dealkylation sites (N-methyl/N-ethyl adjacent to an activating group) is 1. The number of amides is 1.